The molecule has 0 saturated carbocycles. The number of benzene rings is 2. The zero-order valence-corrected chi connectivity index (χ0v) is 12.7. The fourth-order valence-corrected chi connectivity index (χ4v) is 2.28. The SMILES string of the molecule is O=C(Nc1cccc(Cl)c1)C1=NCC(=O)N(c2ccccc2)N1. The Balaban J connectivity index is 1.75. The predicted octanol–water partition coefficient (Wildman–Crippen LogP) is 2.23. The molecule has 7 heteroatoms. The summed E-state index contributed by atoms with van der Waals surface area (Å²) in [4.78, 5) is 28.2. The average molecular weight is 329 g/mol. The zero-order chi connectivity index (χ0) is 16.2. The molecule has 0 fully saturated rings. The molecule has 3 rings (SSSR count). The minimum absolute atomic E-state index is 0.0634. The monoisotopic (exact) mass is 328 g/mol. The Kier molecular flexibility index (Phi) is 4.25. The van der Waals surface area contributed by atoms with Gasteiger partial charge in [0.2, 0.25) is 5.84 Å². The number of amidine groups is 1. The molecule has 1 heterocycles. The Morgan fingerprint density at radius 2 is 1.96 bits per heavy atom. The number of rotatable bonds is 3. The lowest BCUT2D eigenvalue weighted by atomic mass is 10.3. The summed E-state index contributed by atoms with van der Waals surface area (Å²) in [7, 11) is 0. The number of halogens is 1. The molecule has 23 heavy (non-hydrogen) atoms. The van der Waals surface area contributed by atoms with Crippen molar-refractivity contribution in [1.29, 1.82) is 0 Å². The Bertz CT molecular complexity index is 777. The summed E-state index contributed by atoms with van der Waals surface area (Å²) in [6.07, 6.45) is 0. The van der Waals surface area contributed by atoms with Gasteiger partial charge in [0.1, 0.15) is 6.54 Å². The van der Waals surface area contributed by atoms with Gasteiger partial charge in [-0.1, -0.05) is 35.9 Å². The van der Waals surface area contributed by atoms with E-state index in [1.165, 1.54) is 5.01 Å². The number of hydrogen-bond acceptors (Lipinski definition) is 4. The maximum Gasteiger partial charge on any atom is 0.292 e. The topological polar surface area (TPSA) is 73.8 Å². The molecule has 2 N–H and O–H groups in total. The lowest BCUT2D eigenvalue weighted by Crippen LogP contribution is -2.54. The Morgan fingerprint density at radius 1 is 1.17 bits per heavy atom. The molecule has 0 radical (unpaired) electrons. The third-order valence-corrected chi connectivity index (χ3v) is 3.39. The highest BCUT2D eigenvalue weighted by atomic mass is 35.5. The van der Waals surface area contributed by atoms with Crippen molar-refractivity contribution in [3.05, 3.63) is 59.6 Å². The van der Waals surface area contributed by atoms with Crippen LogP contribution < -0.4 is 15.8 Å². The van der Waals surface area contributed by atoms with Gasteiger partial charge in [-0.15, -0.1) is 0 Å². The van der Waals surface area contributed by atoms with Crippen LogP contribution in [0.5, 0.6) is 0 Å². The molecule has 2 amide bonds. The van der Waals surface area contributed by atoms with Crippen molar-refractivity contribution < 1.29 is 9.59 Å². The summed E-state index contributed by atoms with van der Waals surface area (Å²) >= 11 is 5.89. The Hall–Kier alpha value is -2.86. The molecule has 0 unspecified atom stereocenters. The summed E-state index contributed by atoms with van der Waals surface area (Å²) in [6, 6.07) is 15.8. The van der Waals surface area contributed by atoms with Crippen LogP contribution in [0.3, 0.4) is 0 Å². The number of nitrogens with one attached hydrogen (secondary N) is 2. The molecule has 6 nitrogen and oxygen atoms in total. The maximum absolute atomic E-state index is 12.3. The van der Waals surface area contributed by atoms with E-state index in [1.807, 2.05) is 18.2 Å². The second kappa shape index (κ2) is 6.50. The lowest BCUT2D eigenvalue weighted by Gasteiger charge is -2.27. The zero-order valence-electron chi connectivity index (χ0n) is 12.0. The third kappa shape index (κ3) is 3.49. The van der Waals surface area contributed by atoms with E-state index in [-0.39, 0.29) is 18.3 Å². The van der Waals surface area contributed by atoms with Crippen molar-refractivity contribution in [2.24, 2.45) is 4.99 Å². The van der Waals surface area contributed by atoms with E-state index < -0.39 is 5.91 Å². The van der Waals surface area contributed by atoms with Crippen molar-refractivity contribution in [3.8, 4) is 0 Å². The van der Waals surface area contributed by atoms with E-state index in [0.29, 0.717) is 16.4 Å². The standard InChI is InChI=1S/C16H13ClN4O2/c17-11-5-4-6-12(9-11)19-16(23)15-18-10-14(22)21(20-15)13-7-2-1-3-8-13/h1-9H,10H2,(H,18,20)(H,19,23). The molecule has 0 spiro atoms. The van der Waals surface area contributed by atoms with Gasteiger partial charge in [-0.05, 0) is 30.3 Å². The fourth-order valence-electron chi connectivity index (χ4n) is 2.09. The number of carbonyl (C=O) groups is 2. The van der Waals surface area contributed by atoms with Crippen LogP contribution in [0.15, 0.2) is 59.6 Å². The average Bonchev–Trinajstić information content (AvgIpc) is 2.56. The fraction of sp³-hybridized carbons (Fsp3) is 0.0625. The molecule has 116 valence electrons. The van der Waals surface area contributed by atoms with Gasteiger partial charge in [0.25, 0.3) is 11.8 Å². The van der Waals surface area contributed by atoms with Crippen molar-refractivity contribution in [2.45, 2.75) is 0 Å². The largest absolute Gasteiger partial charge is 0.319 e. The van der Waals surface area contributed by atoms with Gasteiger partial charge in [0.05, 0.1) is 5.69 Å². The molecular weight excluding hydrogens is 316 g/mol. The number of anilines is 2. The van der Waals surface area contributed by atoms with Crippen molar-refractivity contribution in [1.82, 2.24) is 5.43 Å². The first-order valence-electron chi connectivity index (χ1n) is 6.89. The number of nitrogens with zero attached hydrogens (tertiary/aromatic N) is 2. The number of amides is 2. The van der Waals surface area contributed by atoms with Crippen LogP contribution >= 0.6 is 11.6 Å². The molecule has 0 aromatic heterocycles. The van der Waals surface area contributed by atoms with Gasteiger partial charge < -0.3 is 5.32 Å². The van der Waals surface area contributed by atoms with Crippen molar-refractivity contribution in [2.75, 3.05) is 16.9 Å². The molecule has 0 atom stereocenters. The molecule has 2 aromatic carbocycles. The molecule has 0 bridgehead atoms. The van der Waals surface area contributed by atoms with Crippen LogP contribution in [0.25, 0.3) is 0 Å². The summed E-state index contributed by atoms with van der Waals surface area (Å²) in [6.45, 7) is -0.0970. The third-order valence-electron chi connectivity index (χ3n) is 3.15. The highest BCUT2D eigenvalue weighted by molar-refractivity contribution is 6.43. The maximum atomic E-state index is 12.3. The highest BCUT2D eigenvalue weighted by Crippen LogP contribution is 2.16. The normalized spacial score (nSPS) is 14.0. The Labute approximate surface area is 137 Å². The number of carbonyl (C=O) groups excluding carboxylic acids is 2. The summed E-state index contributed by atoms with van der Waals surface area (Å²) in [5.41, 5.74) is 3.93. The van der Waals surface area contributed by atoms with Crippen LogP contribution in [0.4, 0.5) is 11.4 Å². The van der Waals surface area contributed by atoms with Crippen LogP contribution in [-0.4, -0.2) is 24.2 Å². The van der Waals surface area contributed by atoms with Gasteiger partial charge in [0, 0.05) is 10.7 Å². The van der Waals surface area contributed by atoms with Crippen molar-refractivity contribution in [3.63, 3.8) is 0 Å². The number of hydrogen-bond donors (Lipinski definition) is 2. The number of aliphatic imine (C=N–C) groups is 1. The first-order valence-corrected chi connectivity index (χ1v) is 7.27. The summed E-state index contributed by atoms with van der Waals surface area (Å²) in [5, 5.41) is 4.51. The Morgan fingerprint density at radius 3 is 2.70 bits per heavy atom. The minimum atomic E-state index is -0.444. The van der Waals surface area contributed by atoms with E-state index >= 15 is 0 Å². The van der Waals surface area contributed by atoms with Gasteiger partial charge in [-0.3, -0.25) is 20.0 Å². The van der Waals surface area contributed by atoms with Crippen LogP contribution in [0.1, 0.15) is 0 Å². The van der Waals surface area contributed by atoms with Gasteiger partial charge in [0.15, 0.2) is 0 Å². The summed E-state index contributed by atoms with van der Waals surface area (Å²) < 4.78 is 0. The van der Waals surface area contributed by atoms with Crippen LogP contribution in [0.2, 0.25) is 5.02 Å². The first-order chi connectivity index (χ1) is 11.1. The molecule has 1 aliphatic rings. The van der Waals surface area contributed by atoms with E-state index in [2.05, 4.69) is 15.7 Å². The second-order valence-corrected chi connectivity index (χ2v) is 5.24. The smallest absolute Gasteiger partial charge is 0.292 e. The van der Waals surface area contributed by atoms with E-state index in [4.69, 9.17) is 11.6 Å². The molecule has 2 aromatic rings. The quantitative estimate of drug-likeness (QED) is 0.907. The second-order valence-electron chi connectivity index (χ2n) is 4.81. The minimum Gasteiger partial charge on any atom is -0.319 e. The first kappa shape index (κ1) is 15.1. The van der Waals surface area contributed by atoms with Gasteiger partial charge >= 0.3 is 0 Å². The number of para-hydroxylation sites is 1. The van der Waals surface area contributed by atoms with E-state index in [1.54, 1.807) is 36.4 Å². The number of hydrazine groups is 1. The van der Waals surface area contributed by atoms with Gasteiger partial charge in [-0.25, -0.2) is 5.01 Å². The molecule has 0 aliphatic carbocycles. The van der Waals surface area contributed by atoms with E-state index in [9.17, 15) is 9.59 Å². The molecule has 0 saturated heterocycles. The van der Waals surface area contributed by atoms with Crippen LogP contribution in [0, 0.1) is 0 Å². The molecule has 1 aliphatic heterocycles. The molecular formula is C16H13ClN4O2. The lowest BCUT2D eigenvalue weighted by molar-refractivity contribution is -0.118. The highest BCUT2D eigenvalue weighted by Gasteiger charge is 2.25. The predicted molar refractivity (Wildman–Crippen MR) is 89.4 cm³/mol. The van der Waals surface area contributed by atoms with Crippen molar-refractivity contribution >= 4 is 40.6 Å². The summed E-state index contributed by atoms with van der Waals surface area (Å²) in [5.74, 6) is -0.621. The van der Waals surface area contributed by atoms with Crippen LogP contribution in [-0.2, 0) is 9.59 Å². The van der Waals surface area contributed by atoms with E-state index in [0.717, 1.165) is 0 Å². The van der Waals surface area contributed by atoms with Gasteiger partial charge in [-0.2, -0.15) is 0 Å².